The van der Waals surface area contributed by atoms with Crippen LogP contribution in [0, 0.1) is 0 Å². The monoisotopic (exact) mass is 226 g/mol. The van der Waals surface area contributed by atoms with E-state index >= 15 is 0 Å². The fraction of sp³-hybridized carbons (Fsp3) is 1.00. The van der Waals surface area contributed by atoms with E-state index in [9.17, 15) is 0 Å². The topological polar surface area (TPSA) is 15.7 Å². The van der Waals surface area contributed by atoms with Crippen molar-refractivity contribution in [3.8, 4) is 0 Å². The lowest BCUT2D eigenvalue weighted by atomic mass is 10.1. The van der Waals surface area contributed by atoms with Gasteiger partial charge in [0.2, 0.25) is 0 Å². The summed E-state index contributed by atoms with van der Waals surface area (Å²) in [5.74, 6) is 0. The molecule has 0 aromatic carbocycles. The van der Waals surface area contributed by atoms with E-state index in [1.807, 2.05) is 0 Å². The molecule has 0 amide bonds. The van der Waals surface area contributed by atoms with Crippen LogP contribution in [0.2, 0.25) is 0 Å². The number of piperazine rings is 1. The highest BCUT2D eigenvalue weighted by atomic mass is 16.5. The molecule has 1 saturated heterocycles. The standard InChI is InChI=1S/C13H26N2O/c1-11(16-12(2,3)4)15-9-8-14(5)13(10-15)6-7-13/h11H,6-10H2,1-5H3. The van der Waals surface area contributed by atoms with Gasteiger partial charge in [-0.05, 0) is 47.6 Å². The Morgan fingerprint density at radius 3 is 2.31 bits per heavy atom. The Hall–Kier alpha value is -0.120. The molecular formula is C13H26N2O. The molecule has 0 aromatic rings. The summed E-state index contributed by atoms with van der Waals surface area (Å²) >= 11 is 0. The Bertz CT molecular complexity index is 255. The van der Waals surface area contributed by atoms with Gasteiger partial charge in [0, 0.05) is 25.2 Å². The summed E-state index contributed by atoms with van der Waals surface area (Å²) in [6.45, 7) is 12.1. The highest BCUT2D eigenvalue weighted by molar-refractivity contribution is 5.07. The second kappa shape index (κ2) is 3.97. The quantitative estimate of drug-likeness (QED) is 0.715. The van der Waals surface area contributed by atoms with Crippen LogP contribution in [-0.4, -0.2) is 53.8 Å². The smallest absolute Gasteiger partial charge is 0.108 e. The molecule has 3 heteroatoms. The maximum atomic E-state index is 6.04. The molecule has 0 radical (unpaired) electrons. The van der Waals surface area contributed by atoms with Crippen LogP contribution in [0.25, 0.3) is 0 Å². The summed E-state index contributed by atoms with van der Waals surface area (Å²) < 4.78 is 6.04. The predicted octanol–water partition coefficient (Wildman–Crippen LogP) is 1.93. The fourth-order valence-electron chi connectivity index (χ4n) is 2.67. The van der Waals surface area contributed by atoms with Crippen LogP contribution in [0.1, 0.15) is 40.5 Å². The van der Waals surface area contributed by atoms with Crippen molar-refractivity contribution in [1.82, 2.24) is 9.80 Å². The first-order valence-corrected chi connectivity index (χ1v) is 6.46. The molecule has 2 fully saturated rings. The highest BCUT2D eigenvalue weighted by Gasteiger charge is 2.50. The van der Waals surface area contributed by atoms with Crippen molar-refractivity contribution >= 4 is 0 Å². The zero-order valence-electron chi connectivity index (χ0n) is 11.4. The van der Waals surface area contributed by atoms with Gasteiger partial charge in [-0.25, -0.2) is 0 Å². The molecule has 0 bridgehead atoms. The van der Waals surface area contributed by atoms with Crippen LogP contribution in [-0.2, 0) is 4.74 Å². The summed E-state index contributed by atoms with van der Waals surface area (Å²) in [6, 6.07) is 0. The minimum Gasteiger partial charge on any atom is -0.358 e. The van der Waals surface area contributed by atoms with E-state index < -0.39 is 0 Å². The normalized spacial score (nSPS) is 28.3. The molecule has 0 aromatic heterocycles. The lowest BCUT2D eigenvalue weighted by molar-refractivity contribution is -0.139. The van der Waals surface area contributed by atoms with Crippen LogP contribution < -0.4 is 0 Å². The van der Waals surface area contributed by atoms with Gasteiger partial charge in [-0.15, -0.1) is 0 Å². The largest absolute Gasteiger partial charge is 0.358 e. The lowest BCUT2D eigenvalue weighted by Crippen LogP contribution is -2.56. The summed E-state index contributed by atoms with van der Waals surface area (Å²) in [5, 5.41) is 0. The van der Waals surface area contributed by atoms with Gasteiger partial charge >= 0.3 is 0 Å². The molecule has 1 atom stereocenters. The number of ether oxygens (including phenoxy) is 1. The molecule has 1 spiro atoms. The Balaban J connectivity index is 1.91. The van der Waals surface area contributed by atoms with E-state index in [-0.39, 0.29) is 11.8 Å². The summed E-state index contributed by atoms with van der Waals surface area (Å²) in [5.41, 5.74) is 0.452. The van der Waals surface area contributed by atoms with E-state index in [4.69, 9.17) is 4.74 Å². The fourth-order valence-corrected chi connectivity index (χ4v) is 2.67. The summed E-state index contributed by atoms with van der Waals surface area (Å²) in [4.78, 5) is 5.03. The van der Waals surface area contributed by atoms with Crippen LogP contribution in [0.5, 0.6) is 0 Å². The minimum absolute atomic E-state index is 0.0422. The molecule has 1 aliphatic carbocycles. The van der Waals surface area contributed by atoms with Crippen molar-refractivity contribution < 1.29 is 4.74 Å². The Kier molecular flexibility index (Phi) is 3.06. The molecule has 1 heterocycles. The van der Waals surface area contributed by atoms with Crippen molar-refractivity contribution in [3.63, 3.8) is 0 Å². The Morgan fingerprint density at radius 2 is 1.81 bits per heavy atom. The first-order chi connectivity index (χ1) is 7.32. The minimum atomic E-state index is -0.0422. The maximum Gasteiger partial charge on any atom is 0.108 e. The van der Waals surface area contributed by atoms with Crippen LogP contribution >= 0.6 is 0 Å². The number of rotatable bonds is 2. The molecule has 1 aliphatic heterocycles. The molecule has 2 rings (SSSR count). The molecule has 16 heavy (non-hydrogen) atoms. The average Bonchev–Trinajstić information content (AvgIpc) is 2.88. The molecule has 94 valence electrons. The first-order valence-electron chi connectivity index (χ1n) is 6.46. The number of nitrogens with zero attached hydrogens (tertiary/aromatic N) is 2. The third kappa shape index (κ3) is 2.58. The van der Waals surface area contributed by atoms with Gasteiger partial charge in [-0.3, -0.25) is 9.80 Å². The van der Waals surface area contributed by atoms with Crippen molar-refractivity contribution in [2.45, 2.75) is 57.9 Å². The Morgan fingerprint density at radius 1 is 1.19 bits per heavy atom. The zero-order valence-corrected chi connectivity index (χ0v) is 11.4. The van der Waals surface area contributed by atoms with Gasteiger partial charge in [0.25, 0.3) is 0 Å². The van der Waals surface area contributed by atoms with Crippen molar-refractivity contribution in [2.75, 3.05) is 26.7 Å². The third-order valence-corrected chi connectivity index (χ3v) is 3.90. The Labute approximate surface area is 99.7 Å². The molecule has 2 aliphatic rings. The van der Waals surface area contributed by atoms with Crippen molar-refractivity contribution in [1.29, 1.82) is 0 Å². The molecule has 3 nitrogen and oxygen atoms in total. The van der Waals surface area contributed by atoms with E-state index in [2.05, 4.69) is 44.5 Å². The zero-order chi connectivity index (χ0) is 12.0. The van der Waals surface area contributed by atoms with Gasteiger partial charge in [0.05, 0.1) is 5.60 Å². The molecule has 0 N–H and O–H groups in total. The van der Waals surface area contributed by atoms with Crippen molar-refractivity contribution in [3.05, 3.63) is 0 Å². The van der Waals surface area contributed by atoms with Gasteiger partial charge in [0.1, 0.15) is 6.23 Å². The highest BCUT2D eigenvalue weighted by Crippen LogP contribution is 2.43. The molecule has 1 unspecified atom stereocenters. The molecular weight excluding hydrogens is 200 g/mol. The van der Waals surface area contributed by atoms with Crippen LogP contribution in [0.4, 0.5) is 0 Å². The van der Waals surface area contributed by atoms with Crippen molar-refractivity contribution in [2.24, 2.45) is 0 Å². The van der Waals surface area contributed by atoms with Gasteiger partial charge in [-0.1, -0.05) is 0 Å². The van der Waals surface area contributed by atoms with Gasteiger partial charge < -0.3 is 4.74 Å². The van der Waals surface area contributed by atoms with E-state index in [1.54, 1.807) is 0 Å². The van der Waals surface area contributed by atoms with E-state index in [1.165, 1.54) is 25.9 Å². The van der Waals surface area contributed by atoms with Crippen LogP contribution in [0.3, 0.4) is 0 Å². The van der Waals surface area contributed by atoms with E-state index in [0.29, 0.717) is 5.54 Å². The van der Waals surface area contributed by atoms with Crippen LogP contribution in [0.15, 0.2) is 0 Å². The molecule has 1 saturated carbocycles. The summed E-state index contributed by atoms with van der Waals surface area (Å²) in [7, 11) is 2.26. The first kappa shape index (κ1) is 12.3. The lowest BCUT2D eigenvalue weighted by Gasteiger charge is -2.43. The SMILES string of the molecule is CC(OC(C)(C)C)N1CCN(C)C2(CC2)C1. The van der Waals surface area contributed by atoms with E-state index in [0.717, 1.165) is 6.54 Å². The number of hydrogen-bond donors (Lipinski definition) is 0. The predicted molar refractivity (Wildman–Crippen MR) is 66.5 cm³/mol. The third-order valence-electron chi connectivity index (χ3n) is 3.90. The second-order valence-corrected chi connectivity index (χ2v) is 6.45. The number of likely N-dealkylation sites (N-methyl/N-ethyl adjacent to an activating group) is 1. The maximum absolute atomic E-state index is 6.04. The second-order valence-electron chi connectivity index (χ2n) is 6.45. The number of hydrogen-bond acceptors (Lipinski definition) is 3. The average molecular weight is 226 g/mol. The van der Waals surface area contributed by atoms with Gasteiger partial charge in [-0.2, -0.15) is 0 Å². The summed E-state index contributed by atoms with van der Waals surface area (Å²) in [6.07, 6.45) is 2.97. The van der Waals surface area contributed by atoms with Gasteiger partial charge in [0.15, 0.2) is 0 Å².